The first kappa shape index (κ1) is 21.0. The molecule has 7 nitrogen and oxygen atoms in total. The van der Waals surface area contributed by atoms with Gasteiger partial charge in [-0.3, -0.25) is 4.79 Å². The fourth-order valence-corrected chi connectivity index (χ4v) is 4.44. The van der Waals surface area contributed by atoms with Crippen molar-refractivity contribution in [1.29, 1.82) is 0 Å². The van der Waals surface area contributed by atoms with Gasteiger partial charge in [0.2, 0.25) is 0 Å². The molecule has 0 bridgehead atoms. The number of thioether (sulfide) groups is 1. The number of nitrogens with one attached hydrogen (secondary N) is 1. The van der Waals surface area contributed by atoms with E-state index < -0.39 is 0 Å². The van der Waals surface area contributed by atoms with Gasteiger partial charge in [-0.25, -0.2) is 15.0 Å². The number of imidazole rings is 1. The number of carbonyl (C=O) groups is 1. The summed E-state index contributed by atoms with van der Waals surface area (Å²) >= 11 is 1.47. The van der Waals surface area contributed by atoms with E-state index in [9.17, 15) is 4.79 Å². The molecular weight excluding hydrogens is 434 g/mol. The van der Waals surface area contributed by atoms with E-state index in [1.807, 2.05) is 47.2 Å². The lowest BCUT2D eigenvalue weighted by Gasteiger charge is -2.08. The Balaban J connectivity index is 1.32. The number of nitrogens with zero attached hydrogens (tertiary/aromatic N) is 4. The molecule has 0 atom stereocenters. The second-order valence-corrected chi connectivity index (χ2v) is 8.41. The predicted octanol–water partition coefficient (Wildman–Crippen LogP) is 4.69. The Morgan fingerprint density at radius 1 is 1.00 bits per heavy atom. The monoisotopic (exact) mass is 455 g/mol. The molecule has 0 radical (unpaired) electrons. The molecule has 5 aromatic rings. The Hall–Kier alpha value is -3.91. The summed E-state index contributed by atoms with van der Waals surface area (Å²) in [6.45, 7) is 1.14. The molecule has 164 valence electrons. The highest BCUT2D eigenvalue weighted by molar-refractivity contribution is 7.98. The molecule has 0 saturated carbocycles. The van der Waals surface area contributed by atoms with Crippen molar-refractivity contribution in [3.63, 3.8) is 0 Å². The Bertz CT molecular complexity index is 1370. The van der Waals surface area contributed by atoms with Gasteiger partial charge >= 0.3 is 0 Å². The van der Waals surface area contributed by atoms with Crippen LogP contribution in [0.1, 0.15) is 27.2 Å². The van der Waals surface area contributed by atoms with Gasteiger partial charge in [0.25, 0.3) is 5.91 Å². The van der Waals surface area contributed by atoms with E-state index in [1.54, 1.807) is 31.0 Å². The summed E-state index contributed by atoms with van der Waals surface area (Å²) in [5.74, 6) is 0.620. The Morgan fingerprint density at radius 2 is 1.85 bits per heavy atom. The summed E-state index contributed by atoms with van der Waals surface area (Å²) in [6.07, 6.45) is 8.89. The average molecular weight is 456 g/mol. The second kappa shape index (κ2) is 9.70. The Kier molecular flexibility index (Phi) is 6.16. The van der Waals surface area contributed by atoms with E-state index in [2.05, 4.69) is 32.4 Å². The highest BCUT2D eigenvalue weighted by Gasteiger charge is 2.20. The van der Waals surface area contributed by atoms with Crippen LogP contribution in [0, 0.1) is 0 Å². The van der Waals surface area contributed by atoms with Gasteiger partial charge in [-0.15, -0.1) is 0 Å². The molecular formula is C25H21N5O2S. The maximum absolute atomic E-state index is 13.1. The predicted molar refractivity (Wildman–Crippen MR) is 127 cm³/mol. The van der Waals surface area contributed by atoms with E-state index >= 15 is 0 Å². The highest BCUT2D eigenvalue weighted by atomic mass is 32.2. The van der Waals surface area contributed by atoms with Crippen LogP contribution in [0.3, 0.4) is 0 Å². The van der Waals surface area contributed by atoms with Gasteiger partial charge in [0.15, 0.2) is 10.9 Å². The average Bonchev–Trinajstić information content (AvgIpc) is 3.50. The molecule has 0 aliphatic carbocycles. The molecule has 0 aliphatic heterocycles. The standard InChI is InChI=1S/C25H21N5O2S/c31-24(29-14-18-5-3-6-19(13-18)15-30-12-11-26-17-30)23-21(16-33-25-27-9-4-10-28-25)20-7-1-2-8-22(20)32-23/h1-13,17H,14-16H2,(H,29,31). The molecule has 5 rings (SSSR count). The van der Waals surface area contributed by atoms with Gasteiger partial charge in [-0.1, -0.05) is 54.2 Å². The number of fused-ring (bicyclic) bond motifs is 1. The molecule has 0 spiro atoms. The molecule has 2 aromatic carbocycles. The summed E-state index contributed by atoms with van der Waals surface area (Å²) in [6, 6.07) is 17.6. The Morgan fingerprint density at radius 3 is 2.70 bits per heavy atom. The fourth-order valence-electron chi connectivity index (χ4n) is 3.61. The van der Waals surface area contributed by atoms with Crippen molar-refractivity contribution >= 4 is 28.6 Å². The Labute approximate surface area is 194 Å². The number of benzene rings is 2. The third-order valence-corrected chi connectivity index (χ3v) is 6.06. The van der Waals surface area contributed by atoms with Gasteiger partial charge in [-0.2, -0.15) is 0 Å². The normalized spacial score (nSPS) is 11.0. The molecule has 0 fully saturated rings. The molecule has 1 N–H and O–H groups in total. The van der Waals surface area contributed by atoms with Gasteiger partial charge in [-0.05, 0) is 23.3 Å². The summed E-state index contributed by atoms with van der Waals surface area (Å²) < 4.78 is 7.96. The van der Waals surface area contributed by atoms with Crippen LogP contribution < -0.4 is 5.32 Å². The van der Waals surface area contributed by atoms with Gasteiger partial charge in [0.05, 0.1) is 6.33 Å². The summed E-state index contributed by atoms with van der Waals surface area (Å²) in [7, 11) is 0. The summed E-state index contributed by atoms with van der Waals surface area (Å²) in [5.41, 5.74) is 3.69. The van der Waals surface area contributed by atoms with E-state index in [0.29, 0.717) is 28.8 Å². The minimum Gasteiger partial charge on any atom is -0.451 e. The first-order valence-corrected chi connectivity index (χ1v) is 11.5. The summed E-state index contributed by atoms with van der Waals surface area (Å²) in [5, 5.41) is 4.59. The van der Waals surface area contributed by atoms with Crippen LogP contribution in [0.25, 0.3) is 11.0 Å². The van der Waals surface area contributed by atoms with Crippen LogP contribution in [0.5, 0.6) is 0 Å². The third kappa shape index (κ3) is 4.96. The van der Waals surface area contributed by atoms with E-state index in [0.717, 1.165) is 28.6 Å². The molecule has 1 amide bonds. The van der Waals surface area contributed by atoms with Crippen molar-refractivity contribution < 1.29 is 9.21 Å². The van der Waals surface area contributed by atoms with Crippen molar-refractivity contribution in [2.75, 3.05) is 0 Å². The third-order valence-electron chi connectivity index (χ3n) is 5.16. The second-order valence-electron chi connectivity index (χ2n) is 7.46. The quantitative estimate of drug-likeness (QED) is 0.270. The first-order valence-electron chi connectivity index (χ1n) is 10.5. The SMILES string of the molecule is O=C(NCc1cccc(Cn2ccnc2)c1)c1oc2ccccc2c1CSc1ncccn1. The molecule has 0 aliphatic rings. The lowest BCUT2D eigenvalue weighted by Crippen LogP contribution is -2.23. The van der Waals surface area contributed by atoms with E-state index in [1.165, 1.54) is 11.8 Å². The maximum Gasteiger partial charge on any atom is 0.287 e. The molecule has 3 aromatic heterocycles. The zero-order chi connectivity index (χ0) is 22.5. The van der Waals surface area contributed by atoms with Crippen molar-refractivity contribution in [3.8, 4) is 0 Å². The lowest BCUT2D eigenvalue weighted by atomic mass is 10.1. The first-order chi connectivity index (χ1) is 16.3. The largest absolute Gasteiger partial charge is 0.451 e. The van der Waals surface area contributed by atoms with E-state index in [4.69, 9.17) is 4.42 Å². The molecule has 0 unspecified atom stereocenters. The highest BCUT2D eigenvalue weighted by Crippen LogP contribution is 2.31. The van der Waals surface area contributed by atoms with Gasteiger partial charge in [0.1, 0.15) is 5.58 Å². The summed E-state index contributed by atoms with van der Waals surface area (Å²) in [4.78, 5) is 25.7. The van der Waals surface area contributed by atoms with Gasteiger partial charge in [0, 0.05) is 54.6 Å². The smallest absolute Gasteiger partial charge is 0.287 e. The van der Waals surface area contributed by atoms with Crippen molar-refractivity contribution in [2.45, 2.75) is 24.0 Å². The van der Waals surface area contributed by atoms with E-state index in [-0.39, 0.29) is 5.91 Å². The minimum atomic E-state index is -0.240. The van der Waals surface area contributed by atoms with Gasteiger partial charge < -0.3 is 14.3 Å². The number of rotatable bonds is 8. The van der Waals surface area contributed by atoms with Crippen LogP contribution in [-0.4, -0.2) is 25.4 Å². The topological polar surface area (TPSA) is 85.8 Å². The molecule has 8 heteroatoms. The number of hydrogen-bond donors (Lipinski definition) is 1. The van der Waals surface area contributed by atoms with Crippen molar-refractivity contribution in [2.24, 2.45) is 0 Å². The number of para-hydroxylation sites is 1. The molecule has 0 saturated heterocycles. The number of carbonyl (C=O) groups excluding carboxylic acids is 1. The zero-order valence-electron chi connectivity index (χ0n) is 17.7. The van der Waals surface area contributed by atoms with Crippen LogP contribution in [0.15, 0.2) is 95.3 Å². The van der Waals surface area contributed by atoms with Crippen molar-refractivity contribution in [1.82, 2.24) is 24.8 Å². The van der Waals surface area contributed by atoms with Crippen LogP contribution >= 0.6 is 11.8 Å². The van der Waals surface area contributed by atoms with Crippen molar-refractivity contribution in [3.05, 3.63) is 108 Å². The minimum absolute atomic E-state index is 0.240. The maximum atomic E-state index is 13.1. The number of aromatic nitrogens is 4. The number of furan rings is 1. The van der Waals surface area contributed by atoms with Crippen LogP contribution in [-0.2, 0) is 18.8 Å². The van der Waals surface area contributed by atoms with Crippen LogP contribution in [0.2, 0.25) is 0 Å². The molecule has 33 heavy (non-hydrogen) atoms. The number of amides is 1. The van der Waals surface area contributed by atoms with Crippen LogP contribution in [0.4, 0.5) is 0 Å². The number of hydrogen-bond acceptors (Lipinski definition) is 6. The molecule has 3 heterocycles. The lowest BCUT2D eigenvalue weighted by molar-refractivity contribution is 0.0924. The zero-order valence-corrected chi connectivity index (χ0v) is 18.5. The fraction of sp³-hybridized carbons (Fsp3) is 0.120.